The van der Waals surface area contributed by atoms with Crippen molar-refractivity contribution in [3.05, 3.63) is 12.7 Å². The highest BCUT2D eigenvalue weighted by atomic mass is 16.6. The summed E-state index contributed by atoms with van der Waals surface area (Å²) in [7, 11) is 0. The standard InChI is InChI=1S/C21H32O7/c1-7-19(5)10-13(24)21(26)17(28-19)14(25)15(27-11(2)22)16-18(3,4)9-8-12(23)20(16,21)6/h7,12,14-17,23,25-26H,1,8-10H2,2-6H3/t12-,14?,15?,16-,17+,19-,20?,21+/m0/s1. The first-order valence-corrected chi connectivity index (χ1v) is 9.85. The number of carbonyl (C=O) groups excluding carboxylic acids is 2. The van der Waals surface area contributed by atoms with E-state index in [0.29, 0.717) is 12.8 Å². The quantitative estimate of drug-likeness (QED) is 0.474. The van der Waals surface area contributed by atoms with Crippen LogP contribution in [0.1, 0.15) is 53.9 Å². The average Bonchev–Trinajstić information content (AvgIpc) is 2.58. The number of hydrogen-bond donors (Lipinski definition) is 3. The Hall–Kier alpha value is -1.28. The van der Waals surface area contributed by atoms with E-state index in [-0.39, 0.29) is 6.42 Å². The molecule has 0 amide bonds. The summed E-state index contributed by atoms with van der Waals surface area (Å²) in [6, 6.07) is 0. The van der Waals surface area contributed by atoms with Crippen molar-refractivity contribution in [1.82, 2.24) is 0 Å². The molecule has 3 aliphatic rings. The van der Waals surface area contributed by atoms with Crippen molar-refractivity contribution in [3.63, 3.8) is 0 Å². The van der Waals surface area contributed by atoms with E-state index in [0.717, 1.165) is 0 Å². The molecule has 7 nitrogen and oxygen atoms in total. The Labute approximate surface area is 165 Å². The zero-order valence-corrected chi connectivity index (χ0v) is 17.3. The molecule has 0 aromatic heterocycles. The monoisotopic (exact) mass is 396 g/mol. The lowest BCUT2D eigenvalue weighted by molar-refractivity contribution is -0.335. The number of fused-ring (bicyclic) bond motifs is 3. The Morgan fingerprint density at radius 3 is 2.43 bits per heavy atom. The highest BCUT2D eigenvalue weighted by Gasteiger charge is 2.76. The minimum Gasteiger partial charge on any atom is -0.459 e. The molecule has 0 radical (unpaired) electrons. The molecule has 3 rings (SSSR count). The number of rotatable bonds is 2. The summed E-state index contributed by atoms with van der Waals surface area (Å²) >= 11 is 0. The Kier molecular flexibility index (Phi) is 4.87. The van der Waals surface area contributed by atoms with Gasteiger partial charge in [0, 0.05) is 24.7 Å². The molecular formula is C21H32O7. The van der Waals surface area contributed by atoms with Crippen molar-refractivity contribution in [2.75, 3.05) is 0 Å². The second-order valence-electron chi connectivity index (χ2n) is 9.79. The van der Waals surface area contributed by atoms with Crippen LogP contribution in [0.25, 0.3) is 0 Å². The lowest BCUT2D eigenvalue weighted by Crippen LogP contribution is -2.82. The van der Waals surface area contributed by atoms with E-state index < -0.39 is 64.1 Å². The number of hydrogen-bond acceptors (Lipinski definition) is 7. The van der Waals surface area contributed by atoms with Crippen LogP contribution in [-0.4, -0.2) is 62.7 Å². The minimum atomic E-state index is -2.12. The predicted octanol–water partition coefficient (Wildman–Crippen LogP) is 1.13. The van der Waals surface area contributed by atoms with Gasteiger partial charge in [0.25, 0.3) is 0 Å². The molecule has 28 heavy (non-hydrogen) atoms. The summed E-state index contributed by atoms with van der Waals surface area (Å²) in [6.07, 6.45) is -2.52. The van der Waals surface area contributed by atoms with E-state index in [1.165, 1.54) is 13.0 Å². The van der Waals surface area contributed by atoms with Crippen molar-refractivity contribution >= 4 is 11.8 Å². The molecule has 3 fully saturated rings. The Morgan fingerprint density at radius 1 is 1.29 bits per heavy atom. The van der Waals surface area contributed by atoms with Gasteiger partial charge in [-0.1, -0.05) is 26.8 Å². The molecule has 158 valence electrons. The van der Waals surface area contributed by atoms with Crippen molar-refractivity contribution in [3.8, 4) is 0 Å². The van der Waals surface area contributed by atoms with Gasteiger partial charge >= 0.3 is 5.97 Å². The Bertz CT molecular complexity index is 703. The SMILES string of the molecule is C=C[C@@]1(C)CC(=O)[C@@]2(O)[C@H](O1)C(O)C(OC(C)=O)[C@H]1C(C)(C)CC[C@H](O)C12C. The maximum absolute atomic E-state index is 13.3. The molecule has 0 bridgehead atoms. The summed E-state index contributed by atoms with van der Waals surface area (Å²) in [5.74, 6) is -1.73. The molecule has 1 saturated heterocycles. The van der Waals surface area contributed by atoms with Gasteiger partial charge in [0.05, 0.1) is 11.7 Å². The lowest BCUT2D eigenvalue weighted by atomic mass is 9.42. The molecular weight excluding hydrogens is 364 g/mol. The van der Waals surface area contributed by atoms with Gasteiger partial charge in [0.15, 0.2) is 11.4 Å². The number of aliphatic hydroxyl groups is 3. The van der Waals surface area contributed by atoms with Crippen molar-refractivity contribution in [2.45, 2.75) is 89.5 Å². The zero-order chi connectivity index (χ0) is 21.3. The molecule has 7 heteroatoms. The van der Waals surface area contributed by atoms with Gasteiger partial charge in [-0.2, -0.15) is 0 Å². The average molecular weight is 396 g/mol. The first kappa shape index (κ1) is 21.4. The topological polar surface area (TPSA) is 113 Å². The molecule has 0 spiro atoms. The van der Waals surface area contributed by atoms with E-state index in [1.54, 1.807) is 13.8 Å². The van der Waals surface area contributed by atoms with Crippen LogP contribution in [0, 0.1) is 16.7 Å². The summed E-state index contributed by atoms with van der Waals surface area (Å²) in [6.45, 7) is 12.1. The third-order valence-corrected chi connectivity index (χ3v) is 7.52. The number of carbonyl (C=O) groups is 2. The highest BCUT2D eigenvalue weighted by Crippen LogP contribution is 2.64. The number of ether oxygens (including phenoxy) is 2. The Balaban J connectivity index is 2.24. The Morgan fingerprint density at radius 2 is 1.89 bits per heavy atom. The number of ketones is 1. The third kappa shape index (κ3) is 2.63. The smallest absolute Gasteiger partial charge is 0.303 e. The van der Waals surface area contributed by atoms with Gasteiger partial charge in [-0.25, -0.2) is 0 Å². The molecule has 0 aromatic carbocycles. The number of Topliss-reactive ketones (excluding diaryl/α,β-unsaturated/α-hetero) is 1. The van der Waals surface area contributed by atoms with E-state index >= 15 is 0 Å². The largest absolute Gasteiger partial charge is 0.459 e. The van der Waals surface area contributed by atoms with Gasteiger partial charge in [0.1, 0.15) is 18.3 Å². The van der Waals surface area contributed by atoms with Crippen LogP contribution in [0.3, 0.4) is 0 Å². The van der Waals surface area contributed by atoms with Crippen LogP contribution in [0.15, 0.2) is 12.7 Å². The van der Waals surface area contributed by atoms with Gasteiger partial charge in [-0.05, 0) is 25.2 Å². The minimum absolute atomic E-state index is 0.121. The van der Waals surface area contributed by atoms with Crippen LogP contribution in [0.2, 0.25) is 0 Å². The van der Waals surface area contributed by atoms with Crippen LogP contribution in [0.5, 0.6) is 0 Å². The van der Waals surface area contributed by atoms with E-state index in [9.17, 15) is 24.9 Å². The van der Waals surface area contributed by atoms with E-state index in [1.807, 2.05) is 13.8 Å². The molecule has 3 unspecified atom stereocenters. The van der Waals surface area contributed by atoms with Gasteiger partial charge in [-0.15, -0.1) is 6.58 Å². The van der Waals surface area contributed by atoms with E-state index in [4.69, 9.17) is 9.47 Å². The van der Waals surface area contributed by atoms with Gasteiger partial charge < -0.3 is 24.8 Å². The molecule has 2 saturated carbocycles. The summed E-state index contributed by atoms with van der Waals surface area (Å²) in [5.41, 5.74) is -5.06. The fourth-order valence-corrected chi connectivity index (χ4v) is 6.03. The molecule has 3 N–H and O–H groups in total. The van der Waals surface area contributed by atoms with Crippen LogP contribution < -0.4 is 0 Å². The maximum Gasteiger partial charge on any atom is 0.303 e. The fourth-order valence-electron chi connectivity index (χ4n) is 6.03. The molecule has 1 aliphatic heterocycles. The lowest BCUT2D eigenvalue weighted by Gasteiger charge is -2.67. The van der Waals surface area contributed by atoms with Crippen molar-refractivity contribution < 1.29 is 34.4 Å². The molecule has 0 aromatic rings. The summed E-state index contributed by atoms with van der Waals surface area (Å²) in [5, 5.41) is 34.0. The van der Waals surface area contributed by atoms with Gasteiger partial charge in [0.2, 0.25) is 0 Å². The van der Waals surface area contributed by atoms with Crippen molar-refractivity contribution in [1.29, 1.82) is 0 Å². The predicted molar refractivity (Wildman–Crippen MR) is 100 cm³/mol. The van der Waals surface area contributed by atoms with Crippen LogP contribution >= 0.6 is 0 Å². The molecule has 1 heterocycles. The first-order valence-electron chi connectivity index (χ1n) is 9.85. The number of aliphatic hydroxyl groups excluding tert-OH is 2. The third-order valence-electron chi connectivity index (χ3n) is 7.52. The first-order chi connectivity index (χ1) is 12.7. The zero-order valence-electron chi connectivity index (χ0n) is 17.3. The summed E-state index contributed by atoms with van der Waals surface area (Å²) in [4.78, 5) is 25.1. The highest BCUT2D eigenvalue weighted by molar-refractivity contribution is 5.91. The van der Waals surface area contributed by atoms with Crippen molar-refractivity contribution in [2.24, 2.45) is 16.7 Å². The van der Waals surface area contributed by atoms with E-state index in [2.05, 4.69) is 6.58 Å². The van der Waals surface area contributed by atoms with Crippen LogP contribution in [0.4, 0.5) is 0 Å². The molecule has 8 atom stereocenters. The number of esters is 1. The molecule has 2 aliphatic carbocycles. The van der Waals surface area contributed by atoms with Crippen LogP contribution in [-0.2, 0) is 19.1 Å². The fraction of sp³-hybridized carbons (Fsp3) is 0.810. The second-order valence-corrected chi connectivity index (χ2v) is 9.79. The van der Waals surface area contributed by atoms with Gasteiger partial charge in [-0.3, -0.25) is 9.59 Å². The normalized spacial score (nSPS) is 50.3. The summed E-state index contributed by atoms with van der Waals surface area (Å²) < 4.78 is 11.5. The second kappa shape index (κ2) is 6.36. The maximum atomic E-state index is 13.3.